The van der Waals surface area contributed by atoms with Crippen molar-refractivity contribution in [3.8, 4) is 5.69 Å². The molecule has 0 aliphatic carbocycles. The van der Waals surface area contributed by atoms with Gasteiger partial charge in [-0.3, -0.25) is 9.78 Å². The van der Waals surface area contributed by atoms with Gasteiger partial charge in [-0.2, -0.15) is 0 Å². The summed E-state index contributed by atoms with van der Waals surface area (Å²) in [6.07, 6.45) is 5.14. The molecule has 0 saturated carbocycles. The zero-order chi connectivity index (χ0) is 16.4. The number of carbonyl (C=O) groups excluding carboxylic acids is 1. The molecule has 4 rings (SSSR count). The number of pyridine rings is 1. The molecule has 8 heteroatoms. The first-order valence-corrected chi connectivity index (χ1v) is 8.07. The van der Waals surface area contributed by atoms with Crippen LogP contribution in [0.3, 0.4) is 0 Å². The van der Waals surface area contributed by atoms with Crippen LogP contribution >= 0.6 is 11.3 Å². The molecule has 4 aromatic rings. The van der Waals surface area contributed by atoms with Crippen molar-refractivity contribution in [2.75, 3.05) is 0 Å². The summed E-state index contributed by atoms with van der Waals surface area (Å²) >= 11 is 1.37. The number of thiazole rings is 1. The van der Waals surface area contributed by atoms with Gasteiger partial charge in [0.25, 0.3) is 5.91 Å². The van der Waals surface area contributed by atoms with E-state index < -0.39 is 0 Å². The molecule has 3 aromatic heterocycles. The second kappa shape index (κ2) is 6.17. The van der Waals surface area contributed by atoms with Gasteiger partial charge in [0.2, 0.25) is 0 Å². The lowest BCUT2D eigenvalue weighted by molar-refractivity contribution is 0.0950. The molecule has 0 bridgehead atoms. The van der Waals surface area contributed by atoms with Crippen LogP contribution in [0.5, 0.6) is 0 Å². The molecule has 1 aromatic carbocycles. The molecule has 0 atom stereocenters. The first-order chi connectivity index (χ1) is 11.8. The highest BCUT2D eigenvalue weighted by atomic mass is 32.1. The summed E-state index contributed by atoms with van der Waals surface area (Å²) in [6.45, 7) is 0.292. The molecule has 0 fully saturated rings. The molecule has 0 saturated heterocycles. The average Bonchev–Trinajstić information content (AvgIpc) is 3.27. The molecular weight excluding hydrogens is 324 g/mol. The van der Waals surface area contributed by atoms with Gasteiger partial charge in [-0.25, -0.2) is 9.67 Å². The Morgan fingerprint density at radius 2 is 2.00 bits per heavy atom. The van der Waals surface area contributed by atoms with E-state index in [1.165, 1.54) is 11.3 Å². The molecule has 7 nitrogen and oxygen atoms in total. The molecule has 1 amide bonds. The second-order valence-corrected chi connectivity index (χ2v) is 6.06. The van der Waals surface area contributed by atoms with Gasteiger partial charge >= 0.3 is 0 Å². The number of fused-ring (bicyclic) bond motifs is 1. The molecule has 0 unspecified atom stereocenters. The number of benzene rings is 1. The van der Waals surface area contributed by atoms with Crippen molar-refractivity contribution < 1.29 is 4.79 Å². The van der Waals surface area contributed by atoms with E-state index in [0.29, 0.717) is 17.2 Å². The average molecular weight is 336 g/mol. The summed E-state index contributed by atoms with van der Waals surface area (Å²) in [6, 6.07) is 11.3. The number of rotatable bonds is 4. The summed E-state index contributed by atoms with van der Waals surface area (Å²) in [4.78, 5) is 20.5. The Kier molecular flexibility index (Phi) is 3.72. The van der Waals surface area contributed by atoms with E-state index in [1.54, 1.807) is 23.3 Å². The van der Waals surface area contributed by atoms with Crippen LogP contribution in [-0.4, -0.2) is 30.9 Å². The number of aromatic nitrogens is 5. The largest absolute Gasteiger partial charge is 0.344 e. The third-order valence-corrected chi connectivity index (χ3v) is 4.42. The normalized spacial score (nSPS) is 10.8. The predicted octanol–water partition coefficient (Wildman–Crippen LogP) is 2.20. The van der Waals surface area contributed by atoms with Crippen molar-refractivity contribution in [2.45, 2.75) is 6.54 Å². The fourth-order valence-corrected chi connectivity index (χ4v) is 3.10. The van der Waals surface area contributed by atoms with Gasteiger partial charge < -0.3 is 5.32 Å². The van der Waals surface area contributed by atoms with Crippen LogP contribution < -0.4 is 5.32 Å². The number of carbonyl (C=O) groups is 1. The third-order valence-electron chi connectivity index (χ3n) is 3.39. The van der Waals surface area contributed by atoms with E-state index in [-0.39, 0.29) is 5.91 Å². The number of nitrogens with zero attached hydrogens (tertiary/aromatic N) is 5. The van der Waals surface area contributed by atoms with Crippen LogP contribution in [0.1, 0.15) is 15.5 Å². The lowest BCUT2D eigenvalue weighted by atomic mass is 10.3. The Labute approximate surface area is 141 Å². The first-order valence-electron chi connectivity index (χ1n) is 7.25. The maximum absolute atomic E-state index is 12.2. The monoisotopic (exact) mass is 336 g/mol. The van der Waals surface area contributed by atoms with E-state index in [1.807, 2.05) is 36.4 Å². The van der Waals surface area contributed by atoms with Crippen molar-refractivity contribution in [2.24, 2.45) is 0 Å². The van der Waals surface area contributed by atoms with Gasteiger partial charge in [0.1, 0.15) is 5.69 Å². The summed E-state index contributed by atoms with van der Waals surface area (Å²) in [5.41, 5.74) is 2.36. The van der Waals surface area contributed by atoms with Crippen LogP contribution in [0.25, 0.3) is 15.9 Å². The molecule has 3 heterocycles. The minimum atomic E-state index is -0.213. The summed E-state index contributed by atoms with van der Waals surface area (Å²) in [5, 5.41) is 11.4. The second-order valence-electron chi connectivity index (χ2n) is 5.03. The van der Waals surface area contributed by atoms with Crippen LogP contribution in [0, 0.1) is 0 Å². The van der Waals surface area contributed by atoms with Crippen molar-refractivity contribution in [3.05, 3.63) is 65.7 Å². The van der Waals surface area contributed by atoms with Gasteiger partial charge in [0, 0.05) is 12.4 Å². The van der Waals surface area contributed by atoms with Crippen molar-refractivity contribution in [1.29, 1.82) is 0 Å². The van der Waals surface area contributed by atoms with Crippen molar-refractivity contribution in [1.82, 2.24) is 30.3 Å². The van der Waals surface area contributed by atoms with E-state index in [2.05, 4.69) is 25.6 Å². The van der Waals surface area contributed by atoms with Gasteiger partial charge in [-0.05, 0) is 24.3 Å². The maximum atomic E-state index is 12.2. The third kappa shape index (κ3) is 2.86. The lowest BCUT2D eigenvalue weighted by Crippen LogP contribution is -2.22. The van der Waals surface area contributed by atoms with Crippen LogP contribution in [0.4, 0.5) is 0 Å². The van der Waals surface area contributed by atoms with Crippen LogP contribution in [-0.2, 0) is 6.54 Å². The highest BCUT2D eigenvalue weighted by molar-refractivity contribution is 7.20. The lowest BCUT2D eigenvalue weighted by Gasteiger charge is -1.99. The Hall–Kier alpha value is -3.13. The molecule has 118 valence electrons. The number of hydrogen-bond donors (Lipinski definition) is 1. The molecule has 1 N–H and O–H groups in total. The maximum Gasteiger partial charge on any atom is 0.280 e. The molecular formula is C16H12N6OS. The van der Waals surface area contributed by atoms with E-state index in [9.17, 15) is 4.79 Å². The quantitative estimate of drug-likeness (QED) is 0.617. The summed E-state index contributed by atoms with van der Waals surface area (Å²) in [7, 11) is 0. The van der Waals surface area contributed by atoms with Crippen LogP contribution in [0.15, 0.2) is 55.0 Å². The summed E-state index contributed by atoms with van der Waals surface area (Å²) < 4.78 is 2.63. The molecule has 24 heavy (non-hydrogen) atoms. The minimum Gasteiger partial charge on any atom is -0.344 e. The smallest absolute Gasteiger partial charge is 0.280 e. The van der Waals surface area contributed by atoms with Crippen molar-refractivity contribution >= 4 is 27.5 Å². The number of hydrogen-bond acceptors (Lipinski definition) is 6. The fourth-order valence-electron chi connectivity index (χ4n) is 2.22. The number of para-hydroxylation sites is 1. The zero-order valence-corrected chi connectivity index (χ0v) is 13.3. The standard InChI is InChI=1S/C16H12N6OS/c23-15(16-19-13-3-1-2-4-14(13)24-16)18-9-11-10-22(21-20-11)12-5-7-17-8-6-12/h1-8,10H,9H2,(H,18,23). The topological polar surface area (TPSA) is 85.6 Å². The minimum absolute atomic E-state index is 0.213. The van der Waals surface area contributed by atoms with Gasteiger partial charge in [-0.15, -0.1) is 16.4 Å². The van der Waals surface area contributed by atoms with E-state index in [0.717, 1.165) is 15.9 Å². The molecule has 0 radical (unpaired) electrons. The van der Waals surface area contributed by atoms with Gasteiger partial charge in [0.05, 0.1) is 28.6 Å². The van der Waals surface area contributed by atoms with Crippen LogP contribution in [0.2, 0.25) is 0 Å². The fraction of sp³-hybridized carbons (Fsp3) is 0.0625. The SMILES string of the molecule is O=C(NCc1cn(-c2ccncc2)nn1)c1nc2ccccc2s1. The Bertz CT molecular complexity index is 961. The van der Waals surface area contributed by atoms with E-state index in [4.69, 9.17) is 0 Å². The van der Waals surface area contributed by atoms with Gasteiger partial charge in [-0.1, -0.05) is 17.3 Å². The van der Waals surface area contributed by atoms with E-state index >= 15 is 0 Å². The first kappa shape index (κ1) is 14.5. The summed E-state index contributed by atoms with van der Waals surface area (Å²) in [5.74, 6) is -0.213. The Morgan fingerprint density at radius 3 is 2.83 bits per heavy atom. The Balaban J connectivity index is 1.45. The van der Waals surface area contributed by atoms with Gasteiger partial charge in [0.15, 0.2) is 5.01 Å². The van der Waals surface area contributed by atoms with Crippen molar-refractivity contribution in [3.63, 3.8) is 0 Å². The predicted molar refractivity (Wildman–Crippen MR) is 89.9 cm³/mol. The molecule has 0 aliphatic heterocycles. The highest BCUT2D eigenvalue weighted by Gasteiger charge is 2.12. The Morgan fingerprint density at radius 1 is 1.17 bits per heavy atom. The highest BCUT2D eigenvalue weighted by Crippen LogP contribution is 2.21. The molecule has 0 spiro atoms. The number of amides is 1. The number of nitrogens with one attached hydrogen (secondary N) is 1. The zero-order valence-electron chi connectivity index (χ0n) is 12.5. The molecule has 0 aliphatic rings.